The summed E-state index contributed by atoms with van der Waals surface area (Å²) in [7, 11) is 0. The molecule has 1 aromatic carbocycles. The number of quaternary nitrogens is 1. The van der Waals surface area contributed by atoms with E-state index in [-0.39, 0.29) is 36.7 Å². The quantitative estimate of drug-likeness (QED) is 0.677. The summed E-state index contributed by atoms with van der Waals surface area (Å²) in [5.41, 5.74) is 4.11. The fourth-order valence-corrected chi connectivity index (χ4v) is 3.29. The second-order valence-electron chi connectivity index (χ2n) is 6.81. The van der Waals surface area contributed by atoms with Gasteiger partial charge < -0.3 is 37.7 Å². The SMILES string of the molecule is [Cl-].[NH3+]C1CCC(NC(=O)c2cc(F)cnc2Oc2ccc3c(c2)OCO3)CC1. The van der Waals surface area contributed by atoms with Gasteiger partial charge in [0, 0.05) is 24.9 Å². The first-order chi connectivity index (χ1) is 13.1. The van der Waals surface area contributed by atoms with Crippen molar-refractivity contribution in [2.75, 3.05) is 6.79 Å². The fourth-order valence-electron chi connectivity index (χ4n) is 3.29. The summed E-state index contributed by atoms with van der Waals surface area (Å²) in [6.45, 7) is 0.150. The van der Waals surface area contributed by atoms with E-state index < -0.39 is 11.7 Å². The Morgan fingerprint density at radius 1 is 1.18 bits per heavy atom. The van der Waals surface area contributed by atoms with E-state index in [1.54, 1.807) is 18.2 Å². The molecule has 1 aliphatic carbocycles. The van der Waals surface area contributed by atoms with Gasteiger partial charge in [-0.2, -0.15) is 0 Å². The number of hydrogen-bond acceptors (Lipinski definition) is 5. The lowest BCUT2D eigenvalue weighted by molar-refractivity contribution is -0.425. The lowest BCUT2D eigenvalue weighted by Gasteiger charge is -2.25. The van der Waals surface area contributed by atoms with Gasteiger partial charge >= 0.3 is 0 Å². The van der Waals surface area contributed by atoms with Crippen LogP contribution in [0.4, 0.5) is 4.39 Å². The van der Waals surface area contributed by atoms with Crippen molar-refractivity contribution in [3.8, 4) is 23.1 Å². The molecular weight excluding hydrogens is 389 g/mol. The van der Waals surface area contributed by atoms with Crippen molar-refractivity contribution in [3.05, 3.63) is 41.8 Å². The Hall–Kier alpha value is -2.58. The molecule has 0 unspecified atom stereocenters. The standard InChI is InChI=1S/C19H20FN3O4.ClH/c20-11-7-15(18(24)23-13-3-1-12(21)2-4-13)19(22-9-11)27-14-5-6-16-17(8-14)26-10-25-16;/h5-9,12-13H,1-4,10,21H2,(H,23,24);1H. The number of aromatic nitrogens is 1. The Labute approximate surface area is 167 Å². The molecule has 9 heteroatoms. The Morgan fingerprint density at radius 3 is 2.71 bits per heavy atom. The number of hydrogen-bond donors (Lipinski definition) is 2. The summed E-state index contributed by atoms with van der Waals surface area (Å²) in [5.74, 6) is 0.632. The van der Waals surface area contributed by atoms with Crippen LogP contribution in [0.2, 0.25) is 0 Å². The molecule has 1 aromatic heterocycles. The van der Waals surface area contributed by atoms with Crippen molar-refractivity contribution < 1.29 is 41.5 Å². The van der Waals surface area contributed by atoms with Crippen LogP contribution in [0.1, 0.15) is 36.0 Å². The average Bonchev–Trinajstić information content (AvgIpc) is 3.13. The summed E-state index contributed by atoms with van der Waals surface area (Å²) >= 11 is 0. The number of benzene rings is 1. The maximum atomic E-state index is 13.7. The molecule has 4 rings (SSSR count). The molecule has 0 spiro atoms. The van der Waals surface area contributed by atoms with Crippen molar-refractivity contribution in [1.29, 1.82) is 0 Å². The third-order valence-corrected chi connectivity index (χ3v) is 4.80. The minimum atomic E-state index is -0.598. The minimum Gasteiger partial charge on any atom is -1.00 e. The van der Waals surface area contributed by atoms with Gasteiger partial charge in [-0.05, 0) is 31.0 Å². The van der Waals surface area contributed by atoms with Gasteiger partial charge in [0.25, 0.3) is 5.91 Å². The Morgan fingerprint density at radius 2 is 1.93 bits per heavy atom. The fraction of sp³-hybridized carbons (Fsp3) is 0.368. The molecule has 0 radical (unpaired) electrons. The van der Waals surface area contributed by atoms with Crippen LogP contribution in [0.15, 0.2) is 30.5 Å². The normalized spacial score (nSPS) is 20.2. The number of carbonyl (C=O) groups excluding carboxylic acids is 1. The van der Waals surface area contributed by atoms with Gasteiger partial charge in [-0.15, -0.1) is 0 Å². The van der Waals surface area contributed by atoms with Crippen molar-refractivity contribution in [2.45, 2.75) is 37.8 Å². The maximum absolute atomic E-state index is 13.7. The largest absolute Gasteiger partial charge is 1.00 e. The molecule has 7 nitrogen and oxygen atoms in total. The molecule has 0 saturated heterocycles. The Bertz CT molecular complexity index is 859. The van der Waals surface area contributed by atoms with E-state index in [4.69, 9.17) is 14.2 Å². The predicted octanol–water partition coefficient (Wildman–Crippen LogP) is -0.971. The highest BCUT2D eigenvalue weighted by Gasteiger charge is 2.25. The monoisotopic (exact) mass is 409 g/mol. The van der Waals surface area contributed by atoms with Crippen LogP contribution in [0.5, 0.6) is 23.1 Å². The van der Waals surface area contributed by atoms with Gasteiger partial charge in [0.15, 0.2) is 11.5 Å². The van der Waals surface area contributed by atoms with Crippen LogP contribution in [-0.2, 0) is 0 Å². The second kappa shape index (κ2) is 8.62. The molecule has 0 bridgehead atoms. The lowest BCUT2D eigenvalue weighted by Crippen LogP contribution is -3.00. The van der Waals surface area contributed by atoms with Crippen molar-refractivity contribution in [2.24, 2.45) is 0 Å². The van der Waals surface area contributed by atoms with Crippen LogP contribution >= 0.6 is 0 Å². The van der Waals surface area contributed by atoms with E-state index in [9.17, 15) is 9.18 Å². The highest BCUT2D eigenvalue weighted by Crippen LogP contribution is 2.36. The molecule has 1 saturated carbocycles. The van der Waals surface area contributed by atoms with E-state index >= 15 is 0 Å². The van der Waals surface area contributed by atoms with E-state index in [0.29, 0.717) is 23.3 Å². The molecule has 2 heterocycles. The van der Waals surface area contributed by atoms with Gasteiger partial charge in [-0.3, -0.25) is 4.79 Å². The molecule has 1 fully saturated rings. The highest BCUT2D eigenvalue weighted by atomic mass is 35.5. The van der Waals surface area contributed by atoms with Crippen molar-refractivity contribution in [3.63, 3.8) is 0 Å². The highest BCUT2D eigenvalue weighted by molar-refractivity contribution is 5.96. The first-order valence-corrected chi connectivity index (χ1v) is 8.95. The number of halogens is 2. The summed E-state index contributed by atoms with van der Waals surface area (Å²) in [6.07, 6.45) is 4.68. The topological polar surface area (TPSA) is 97.3 Å². The number of amides is 1. The van der Waals surface area contributed by atoms with E-state index in [0.717, 1.165) is 37.9 Å². The van der Waals surface area contributed by atoms with Gasteiger partial charge in [-0.1, -0.05) is 0 Å². The number of fused-ring (bicyclic) bond motifs is 1. The zero-order chi connectivity index (χ0) is 18.8. The van der Waals surface area contributed by atoms with Crippen molar-refractivity contribution >= 4 is 5.91 Å². The third-order valence-electron chi connectivity index (χ3n) is 4.80. The number of ether oxygens (including phenoxy) is 3. The second-order valence-corrected chi connectivity index (χ2v) is 6.81. The molecule has 1 aliphatic heterocycles. The number of pyridine rings is 1. The molecule has 0 atom stereocenters. The van der Waals surface area contributed by atoms with Crippen molar-refractivity contribution in [1.82, 2.24) is 10.3 Å². The summed E-state index contributed by atoms with van der Waals surface area (Å²) in [4.78, 5) is 16.6. The summed E-state index contributed by atoms with van der Waals surface area (Å²) in [5, 5.41) is 2.95. The van der Waals surface area contributed by atoms with E-state index in [2.05, 4.69) is 16.0 Å². The van der Waals surface area contributed by atoms with Crippen LogP contribution < -0.4 is 37.7 Å². The van der Waals surface area contributed by atoms with Crippen LogP contribution in [0.25, 0.3) is 0 Å². The smallest absolute Gasteiger partial charge is 0.257 e. The number of carbonyl (C=O) groups is 1. The summed E-state index contributed by atoms with van der Waals surface area (Å²) < 4.78 is 30.0. The van der Waals surface area contributed by atoms with Crippen LogP contribution in [0, 0.1) is 5.82 Å². The lowest BCUT2D eigenvalue weighted by atomic mass is 9.91. The Balaban J connectivity index is 0.00000225. The van der Waals surface area contributed by atoms with Gasteiger partial charge in [0.05, 0.1) is 12.2 Å². The molecule has 1 amide bonds. The molecular formula is C19H21ClFN3O4. The third kappa shape index (κ3) is 4.45. The van der Waals surface area contributed by atoms with Gasteiger partial charge in [-0.25, -0.2) is 9.37 Å². The zero-order valence-electron chi connectivity index (χ0n) is 15.1. The molecule has 150 valence electrons. The zero-order valence-corrected chi connectivity index (χ0v) is 15.9. The first kappa shape index (κ1) is 20.2. The van der Waals surface area contributed by atoms with Gasteiger partial charge in [0.1, 0.15) is 17.1 Å². The molecule has 4 N–H and O–H groups in total. The molecule has 2 aromatic rings. The van der Waals surface area contributed by atoms with Gasteiger partial charge in [0.2, 0.25) is 12.7 Å². The van der Waals surface area contributed by atoms with E-state index in [1.807, 2.05) is 0 Å². The predicted molar refractivity (Wildman–Crippen MR) is 93.2 cm³/mol. The first-order valence-electron chi connectivity index (χ1n) is 8.95. The van der Waals surface area contributed by atoms with Crippen LogP contribution in [-0.4, -0.2) is 29.8 Å². The van der Waals surface area contributed by atoms with Crippen LogP contribution in [0.3, 0.4) is 0 Å². The average molecular weight is 410 g/mol. The minimum absolute atomic E-state index is 0. The Kier molecular flexibility index (Phi) is 6.21. The number of nitrogens with zero attached hydrogens (tertiary/aromatic N) is 1. The number of nitrogens with one attached hydrogen (secondary N) is 1. The number of rotatable bonds is 4. The maximum Gasteiger partial charge on any atom is 0.257 e. The molecule has 2 aliphatic rings. The molecule has 28 heavy (non-hydrogen) atoms. The van der Waals surface area contributed by atoms with E-state index in [1.165, 1.54) is 0 Å². The summed E-state index contributed by atoms with van der Waals surface area (Å²) in [6, 6.07) is 6.65.